The van der Waals surface area contributed by atoms with Crippen LogP contribution in [0.25, 0.3) is 0 Å². The molecular weight excluding hydrogens is 354 g/mol. The topological polar surface area (TPSA) is 86.3 Å². The van der Waals surface area contributed by atoms with Crippen molar-refractivity contribution < 1.29 is 14.0 Å². The van der Waals surface area contributed by atoms with E-state index in [2.05, 4.69) is 11.4 Å². The van der Waals surface area contributed by atoms with E-state index in [0.717, 1.165) is 11.1 Å². The van der Waals surface area contributed by atoms with Crippen molar-refractivity contribution in [3.63, 3.8) is 0 Å². The number of furan rings is 1. The number of carbonyl (C=O) groups excluding carboxylic acids is 2. The van der Waals surface area contributed by atoms with Crippen LogP contribution in [0.4, 0.5) is 5.69 Å². The van der Waals surface area contributed by atoms with Crippen LogP contribution in [0.2, 0.25) is 0 Å². The van der Waals surface area contributed by atoms with Crippen LogP contribution < -0.4 is 5.32 Å². The number of fused-ring (bicyclic) bond motifs is 1. The lowest BCUT2D eigenvalue weighted by atomic mass is 9.93. The van der Waals surface area contributed by atoms with E-state index in [0.29, 0.717) is 24.2 Å². The number of anilines is 1. The van der Waals surface area contributed by atoms with Gasteiger partial charge < -0.3 is 14.6 Å². The Kier molecular flexibility index (Phi) is 4.65. The average molecular weight is 371 g/mol. The molecule has 2 heterocycles. The summed E-state index contributed by atoms with van der Waals surface area (Å²) in [7, 11) is 0. The lowest BCUT2D eigenvalue weighted by Crippen LogP contribution is -2.50. The van der Waals surface area contributed by atoms with Gasteiger partial charge in [0.15, 0.2) is 5.76 Å². The number of nitriles is 1. The van der Waals surface area contributed by atoms with Crippen LogP contribution in [0.15, 0.2) is 71.3 Å². The summed E-state index contributed by atoms with van der Waals surface area (Å²) in [6.45, 7) is 0.325. The molecule has 1 aromatic heterocycles. The Bertz CT molecular complexity index is 1070. The first-order valence-corrected chi connectivity index (χ1v) is 8.88. The van der Waals surface area contributed by atoms with Crippen molar-refractivity contribution in [1.29, 1.82) is 5.26 Å². The maximum absolute atomic E-state index is 13.0. The summed E-state index contributed by atoms with van der Waals surface area (Å²) in [6, 6.07) is 19.1. The number of nitrogens with zero attached hydrogens (tertiary/aromatic N) is 2. The quantitative estimate of drug-likeness (QED) is 0.765. The predicted molar refractivity (Wildman–Crippen MR) is 102 cm³/mol. The van der Waals surface area contributed by atoms with Crippen LogP contribution in [0.1, 0.15) is 27.2 Å². The van der Waals surface area contributed by atoms with E-state index in [-0.39, 0.29) is 17.6 Å². The van der Waals surface area contributed by atoms with Gasteiger partial charge in [-0.2, -0.15) is 5.26 Å². The van der Waals surface area contributed by atoms with Gasteiger partial charge >= 0.3 is 0 Å². The highest BCUT2D eigenvalue weighted by atomic mass is 16.3. The Morgan fingerprint density at radius 2 is 1.89 bits per heavy atom. The van der Waals surface area contributed by atoms with Gasteiger partial charge in [0, 0.05) is 18.7 Å². The zero-order valence-electron chi connectivity index (χ0n) is 15.0. The van der Waals surface area contributed by atoms with Crippen molar-refractivity contribution in [3.05, 3.63) is 89.4 Å². The predicted octanol–water partition coefficient (Wildman–Crippen LogP) is 3.36. The third kappa shape index (κ3) is 3.38. The first-order chi connectivity index (χ1) is 13.7. The van der Waals surface area contributed by atoms with E-state index >= 15 is 0 Å². The molecular formula is C22H17N3O3. The van der Waals surface area contributed by atoms with Crippen molar-refractivity contribution in [2.75, 3.05) is 5.32 Å². The van der Waals surface area contributed by atoms with Gasteiger partial charge in [0.25, 0.3) is 5.91 Å². The Balaban J connectivity index is 1.64. The third-order valence-electron chi connectivity index (χ3n) is 4.80. The molecule has 2 aromatic carbocycles. The van der Waals surface area contributed by atoms with Crippen molar-refractivity contribution in [2.24, 2.45) is 0 Å². The zero-order chi connectivity index (χ0) is 19.5. The lowest BCUT2D eigenvalue weighted by Gasteiger charge is -2.35. The highest BCUT2D eigenvalue weighted by Gasteiger charge is 2.36. The van der Waals surface area contributed by atoms with E-state index in [1.807, 2.05) is 24.3 Å². The van der Waals surface area contributed by atoms with Crippen molar-refractivity contribution in [3.8, 4) is 6.07 Å². The summed E-state index contributed by atoms with van der Waals surface area (Å²) in [6.07, 6.45) is 1.85. The Labute approximate surface area is 162 Å². The summed E-state index contributed by atoms with van der Waals surface area (Å²) in [5.41, 5.74) is 3.03. The van der Waals surface area contributed by atoms with Crippen molar-refractivity contribution >= 4 is 17.5 Å². The molecule has 0 saturated carbocycles. The largest absolute Gasteiger partial charge is 0.459 e. The molecule has 3 aromatic rings. The van der Waals surface area contributed by atoms with Gasteiger partial charge in [0.1, 0.15) is 6.04 Å². The number of amides is 2. The summed E-state index contributed by atoms with van der Waals surface area (Å²) in [5.74, 6) is -0.432. The Morgan fingerprint density at radius 3 is 2.64 bits per heavy atom. The fraction of sp³-hybridized carbons (Fsp3) is 0.136. The van der Waals surface area contributed by atoms with Gasteiger partial charge in [-0.3, -0.25) is 9.59 Å². The van der Waals surface area contributed by atoms with Gasteiger partial charge in [-0.15, -0.1) is 0 Å². The molecule has 0 spiro atoms. The van der Waals surface area contributed by atoms with E-state index in [4.69, 9.17) is 9.68 Å². The number of rotatable bonds is 3. The van der Waals surface area contributed by atoms with Gasteiger partial charge in [-0.1, -0.05) is 30.3 Å². The monoisotopic (exact) mass is 371 g/mol. The Hall–Kier alpha value is -3.85. The standard InChI is InChI=1S/C22H17N3O3/c23-13-15-5-3-8-18(11-15)24-21(26)19-12-16-6-1-2-7-17(16)14-25(19)22(27)20-9-4-10-28-20/h1-11,19H,12,14H2,(H,24,26)/t19-/m0/s1. The minimum Gasteiger partial charge on any atom is -0.459 e. The third-order valence-corrected chi connectivity index (χ3v) is 4.80. The maximum atomic E-state index is 13.0. The Morgan fingerprint density at radius 1 is 1.07 bits per heavy atom. The first-order valence-electron chi connectivity index (χ1n) is 8.88. The van der Waals surface area contributed by atoms with Crippen LogP contribution in [-0.2, 0) is 17.8 Å². The molecule has 0 saturated heterocycles. The summed E-state index contributed by atoms with van der Waals surface area (Å²) in [5, 5.41) is 11.9. The molecule has 1 aliphatic heterocycles. The fourth-order valence-corrected chi connectivity index (χ4v) is 3.40. The average Bonchev–Trinajstić information content (AvgIpc) is 3.27. The second-order valence-electron chi connectivity index (χ2n) is 6.58. The molecule has 28 heavy (non-hydrogen) atoms. The molecule has 4 rings (SSSR count). The number of hydrogen-bond acceptors (Lipinski definition) is 4. The van der Waals surface area contributed by atoms with Crippen LogP contribution in [0.5, 0.6) is 0 Å². The van der Waals surface area contributed by atoms with E-state index < -0.39 is 6.04 Å². The molecule has 6 heteroatoms. The smallest absolute Gasteiger partial charge is 0.290 e. The molecule has 0 bridgehead atoms. The van der Waals surface area contributed by atoms with Crippen LogP contribution in [0.3, 0.4) is 0 Å². The van der Waals surface area contributed by atoms with Crippen molar-refractivity contribution in [2.45, 2.75) is 19.0 Å². The second kappa shape index (κ2) is 7.41. The normalized spacial score (nSPS) is 15.4. The highest BCUT2D eigenvalue weighted by Crippen LogP contribution is 2.26. The van der Waals surface area contributed by atoms with Gasteiger partial charge in [0.05, 0.1) is 17.9 Å². The SMILES string of the molecule is N#Cc1cccc(NC(=O)[C@@H]2Cc3ccccc3CN2C(=O)c2ccco2)c1. The molecule has 0 unspecified atom stereocenters. The van der Waals surface area contributed by atoms with E-state index in [1.54, 1.807) is 36.4 Å². The molecule has 138 valence electrons. The van der Waals surface area contributed by atoms with Crippen molar-refractivity contribution in [1.82, 2.24) is 4.90 Å². The number of carbonyl (C=O) groups is 2. The van der Waals surface area contributed by atoms with E-state index in [1.165, 1.54) is 11.2 Å². The molecule has 0 fully saturated rings. The van der Waals surface area contributed by atoms with E-state index in [9.17, 15) is 9.59 Å². The molecule has 1 N–H and O–H groups in total. The molecule has 0 aliphatic carbocycles. The minimum absolute atomic E-state index is 0.198. The lowest BCUT2D eigenvalue weighted by molar-refractivity contribution is -0.121. The first kappa shape index (κ1) is 17.6. The number of nitrogens with one attached hydrogen (secondary N) is 1. The molecule has 0 radical (unpaired) electrons. The molecule has 6 nitrogen and oxygen atoms in total. The van der Waals surface area contributed by atoms with Gasteiger partial charge in [-0.05, 0) is 41.5 Å². The second-order valence-corrected chi connectivity index (χ2v) is 6.58. The zero-order valence-corrected chi connectivity index (χ0v) is 15.0. The van der Waals surface area contributed by atoms with Crippen LogP contribution in [0, 0.1) is 11.3 Å². The van der Waals surface area contributed by atoms with Gasteiger partial charge in [-0.25, -0.2) is 0 Å². The summed E-state index contributed by atoms with van der Waals surface area (Å²) >= 11 is 0. The van der Waals surface area contributed by atoms with Crippen LogP contribution in [-0.4, -0.2) is 22.8 Å². The number of benzene rings is 2. The van der Waals surface area contributed by atoms with Crippen LogP contribution >= 0.6 is 0 Å². The van der Waals surface area contributed by atoms with Gasteiger partial charge in [0.2, 0.25) is 5.91 Å². The minimum atomic E-state index is -0.682. The summed E-state index contributed by atoms with van der Waals surface area (Å²) < 4.78 is 5.25. The number of hydrogen-bond donors (Lipinski definition) is 1. The maximum Gasteiger partial charge on any atom is 0.290 e. The molecule has 1 atom stereocenters. The highest BCUT2D eigenvalue weighted by molar-refractivity contribution is 6.00. The summed E-state index contributed by atoms with van der Waals surface area (Å²) in [4.78, 5) is 27.5. The fourth-order valence-electron chi connectivity index (χ4n) is 3.40. The molecule has 1 aliphatic rings. The molecule has 2 amide bonds.